The molecule has 0 saturated heterocycles. The van der Waals surface area contributed by atoms with Crippen molar-refractivity contribution >= 4 is 5.91 Å². The Morgan fingerprint density at radius 1 is 0.909 bits per heavy atom. The molecule has 0 unspecified atom stereocenters. The van der Waals surface area contributed by atoms with Gasteiger partial charge in [0, 0.05) is 20.1 Å². The molecule has 0 N–H and O–H groups in total. The third-order valence-corrected chi connectivity index (χ3v) is 3.46. The minimum Gasteiger partial charge on any atom is -0.340 e. The van der Waals surface area contributed by atoms with Crippen LogP contribution in [-0.2, 0) is 17.9 Å². The van der Waals surface area contributed by atoms with Crippen LogP contribution in [0.15, 0.2) is 54.6 Å². The Kier molecular flexibility index (Phi) is 5.67. The highest BCUT2D eigenvalue weighted by Gasteiger charge is 2.12. The summed E-state index contributed by atoms with van der Waals surface area (Å²) in [5, 5.41) is 0. The number of benzene rings is 2. The number of rotatable bonds is 6. The summed E-state index contributed by atoms with van der Waals surface area (Å²) in [5.74, 6) is -0.219. The zero-order chi connectivity index (χ0) is 15.9. The van der Waals surface area contributed by atoms with Gasteiger partial charge in [0.25, 0.3) is 0 Å². The third kappa shape index (κ3) is 4.97. The van der Waals surface area contributed by atoms with E-state index in [1.807, 2.05) is 42.3 Å². The fourth-order valence-corrected chi connectivity index (χ4v) is 2.25. The van der Waals surface area contributed by atoms with Crippen LogP contribution in [-0.4, -0.2) is 36.3 Å². The molecule has 0 spiro atoms. The standard InChI is InChI=1S/C18H21FN2O/c1-20(12-15-6-4-3-5-7-15)14-18(22)21(2)13-16-8-10-17(19)11-9-16/h3-11H,12-14H2,1-2H3. The zero-order valence-corrected chi connectivity index (χ0v) is 13.0. The first kappa shape index (κ1) is 16.2. The van der Waals surface area contributed by atoms with Crippen molar-refractivity contribution in [2.75, 3.05) is 20.6 Å². The van der Waals surface area contributed by atoms with Crippen LogP contribution in [0.1, 0.15) is 11.1 Å². The second-order valence-corrected chi connectivity index (χ2v) is 5.53. The maximum atomic E-state index is 12.9. The number of halogens is 1. The van der Waals surface area contributed by atoms with Crippen LogP contribution in [0.4, 0.5) is 4.39 Å². The SMILES string of the molecule is CN(CC(=O)N(C)Cc1ccc(F)cc1)Cc1ccccc1. The molecule has 116 valence electrons. The Balaban J connectivity index is 1.84. The lowest BCUT2D eigenvalue weighted by Gasteiger charge is -2.22. The Hall–Kier alpha value is -2.20. The van der Waals surface area contributed by atoms with Gasteiger partial charge in [0.1, 0.15) is 5.82 Å². The van der Waals surface area contributed by atoms with E-state index in [1.54, 1.807) is 24.1 Å². The highest BCUT2D eigenvalue weighted by Crippen LogP contribution is 2.07. The average molecular weight is 300 g/mol. The number of hydrogen-bond acceptors (Lipinski definition) is 2. The molecule has 3 nitrogen and oxygen atoms in total. The number of hydrogen-bond donors (Lipinski definition) is 0. The van der Waals surface area contributed by atoms with Gasteiger partial charge in [-0.05, 0) is 30.3 Å². The lowest BCUT2D eigenvalue weighted by Crippen LogP contribution is -2.36. The topological polar surface area (TPSA) is 23.6 Å². The highest BCUT2D eigenvalue weighted by molar-refractivity contribution is 5.77. The smallest absolute Gasteiger partial charge is 0.236 e. The van der Waals surface area contributed by atoms with E-state index in [0.29, 0.717) is 13.1 Å². The fourth-order valence-electron chi connectivity index (χ4n) is 2.25. The molecule has 1 amide bonds. The van der Waals surface area contributed by atoms with E-state index in [0.717, 1.165) is 12.1 Å². The van der Waals surface area contributed by atoms with Crippen molar-refractivity contribution in [3.63, 3.8) is 0 Å². The number of carbonyl (C=O) groups is 1. The molecule has 4 heteroatoms. The molecule has 0 bridgehead atoms. The second-order valence-electron chi connectivity index (χ2n) is 5.53. The Morgan fingerprint density at radius 3 is 2.14 bits per heavy atom. The monoisotopic (exact) mass is 300 g/mol. The normalized spacial score (nSPS) is 10.7. The number of likely N-dealkylation sites (N-methyl/N-ethyl adjacent to an activating group) is 2. The third-order valence-electron chi connectivity index (χ3n) is 3.46. The molecular weight excluding hydrogens is 279 g/mol. The Morgan fingerprint density at radius 2 is 1.50 bits per heavy atom. The molecular formula is C18H21FN2O. The van der Waals surface area contributed by atoms with E-state index in [9.17, 15) is 9.18 Å². The molecule has 0 aromatic heterocycles. The fraction of sp³-hybridized carbons (Fsp3) is 0.278. The first-order valence-electron chi connectivity index (χ1n) is 7.25. The van der Waals surface area contributed by atoms with Crippen molar-refractivity contribution < 1.29 is 9.18 Å². The minimum absolute atomic E-state index is 0.0442. The summed E-state index contributed by atoms with van der Waals surface area (Å²) in [6, 6.07) is 16.3. The summed E-state index contributed by atoms with van der Waals surface area (Å²) in [4.78, 5) is 15.9. The van der Waals surface area contributed by atoms with Crippen molar-refractivity contribution in [1.29, 1.82) is 0 Å². The molecule has 0 atom stereocenters. The predicted octanol–water partition coefficient (Wildman–Crippen LogP) is 2.92. The van der Waals surface area contributed by atoms with Crippen LogP contribution in [0.2, 0.25) is 0 Å². The number of carbonyl (C=O) groups excluding carboxylic acids is 1. The summed E-state index contributed by atoms with van der Waals surface area (Å²) in [6.07, 6.45) is 0. The summed E-state index contributed by atoms with van der Waals surface area (Å²) >= 11 is 0. The van der Waals surface area contributed by atoms with Gasteiger partial charge in [0.15, 0.2) is 0 Å². The summed E-state index contributed by atoms with van der Waals surface area (Å²) < 4.78 is 12.9. The van der Waals surface area contributed by atoms with Gasteiger partial charge in [0.05, 0.1) is 6.54 Å². The van der Waals surface area contributed by atoms with Gasteiger partial charge in [-0.2, -0.15) is 0 Å². The minimum atomic E-state index is -0.264. The zero-order valence-electron chi connectivity index (χ0n) is 13.0. The van der Waals surface area contributed by atoms with Crippen LogP contribution in [0.5, 0.6) is 0 Å². The number of amides is 1. The molecule has 0 aliphatic heterocycles. The Bertz CT molecular complexity index is 598. The molecule has 2 aromatic rings. The van der Waals surface area contributed by atoms with Gasteiger partial charge in [0.2, 0.25) is 5.91 Å². The van der Waals surface area contributed by atoms with Gasteiger partial charge < -0.3 is 4.90 Å². The van der Waals surface area contributed by atoms with Crippen LogP contribution in [0.25, 0.3) is 0 Å². The quantitative estimate of drug-likeness (QED) is 0.819. The summed E-state index contributed by atoms with van der Waals surface area (Å²) in [7, 11) is 3.69. The molecule has 0 heterocycles. The largest absolute Gasteiger partial charge is 0.340 e. The highest BCUT2D eigenvalue weighted by atomic mass is 19.1. The average Bonchev–Trinajstić information content (AvgIpc) is 2.50. The van der Waals surface area contributed by atoms with Gasteiger partial charge in [-0.15, -0.1) is 0 Å². The Labute approximate surface area is 131 Å². The molecule has 0 aliphatic carbocycles. The lowest BCUT2D eigenvalue weighted by atomic mass is 10.2. The molecule has 22 heavy (non-hydrogen) atoms. The summed E-state index contributed by atoms with van der Waals surface area (Å²) in [5.41, 5.74) is 2.10. The van der Waals surface area contributed by atoms with Gasteiger partial charge >= 0.3 is 0 Å². The molecule has 0 aliphatic rings. The van der Waals surface area contributed by atoms with E-state index < -0.39 is 0 Å². The van der Waals surface area contributed by atoms with Crippen molar-refractivity contribution in [3.8, 4) is 0 Å². The number of nitrogens with zero attached hydrogens (tertiary/aromatic N) is 2. The van der Waals surface area contributed by atoms with E-state index in [1.165, 1.54) is 17.7 Å². The first-order chi connectivity index (χ1) is 10.5. The summed E-state index contributed by atoms with van der Waals surface area (Å²) in [6.45, 7) is 1.57. The maximum absolute atomic E-state index is 12.9. The van der Waals surface area contributed by atoms with Gasteiger partial charge in [-0.1, -0.05) is 42.5 Å². The predicted molar refractivity (Wildman–Crippen MR) is 85.7 cm³/mol. The molecule has 2 aromatic carbocycles. The maximum Gasteiger partial charge on any atom is 0.236 e. The van der Waals surface area contributed by atoms with Crippen molar-refractivity contribution in [2.24, 2.45) is 0 Å². The molecule has 0 saturated carbocycles. The van der Waals surface area contributed by atoms with Gasteiger partial charge in [-0.25, -0.2) is 4.39 Å². The second kappa shape index (κ2) is 7.71. The molecule has 0 fully saturated rings. The van der Waals surface area contributed by atoms with Crippen LogP contribution >= 0.6 is 0 Å². The van der Waals surface area contributed by atoms with E-state index in [-0.39, 0.29) is 11.7 Å². The van der Waals surface area contributed by atoms with Crippen LogP contribution in [0.3, 0.4) is 0 Å². The van der Waals surface area contributed by atoms with Crippen molar-refractivity contribution in [2.45, 2.75) is 13.1 Å². The van der Waals surface area contributed by atoms with E-state index in [2.05, 4.69) is 0 Å². The lowest BCUT2D eigenvalue weighted by molar-refractivity contribution is -0.131. The van der Waals surface area contributed by atoms with Gasteiger partial charge in [-0.3, -0.25) is 9.69 Å². The van der Waals surface area contributed by atoms with E-state index >= 15 is 0 Å². The van der Waals surface area contributed by atoms with Crippen molar-refractivity contribution in [3.05, 3.63) is 71.5 Å². The van der Waals surface area contributed by atoms with Crippen LogP contribution < -0.4 is 0 Å². The van der Waals surface area contributed by atoms with Crippen molar-refractivity contribution in [1.82, 2.24) is 9.80 Å². The molecule has 0 radical (unpaired) electrons. The van der Waals surface area contributed by atoms with E-state index in [4.69, 9.17) is 0 Å². The first-order valence-corrected chi connectivity index (χ1v) is 7.25. The molecule has 2 rings (SSSR count). The van der Waals surface area contributed by atoms with Crippen LogP contribution in [0, 0.1) is 5.82 Å².